The number of nitrogens with one attached hydrogen (secondary N) is 2. The van der Waals surface area contributed by atoms with E-state index in [1.165, 1.54) is 16.5 Å². The van der Waals surface area contributed by atoms with E-state index in [-0.39, 0.29) is 5.91 Å². The first-order valence-electron chi connectivity index (χ1n) is 9.23. The lowest BCUT2D eigenvalue weighted by atomic mass is 10.1. The number of fused-ring (bicyclic) bond motifs is 1. The fraction of sp³-hybridized carbons (Fsp3) is 0.318. The van der Waals surface area contributed by atoms with E-state index >= 15 is 0 Å². The lowest BCUT2D eigenvalue weighted by Gasteiger charge is -2.08. The Balaban J connectivity index is 1.30. The van der Waals surface area contributed by atoms with Gasteiger partial charge in [0.05, 0.1) is 6.61 Å². The van der Waals surface area contributed by atoms with E-state index in [0.717, 1.165) is 30.5 Å². The number of hydrogen-bond donors (Lipinski definition) is 2. The number of rotatable bonds is 9. The number of benzene rings is 2. The number of aromatic nitrogens is 1. The molecule has 3 aromatic rings. The molecule has 0 fully saturated rings. The quantitative estimate of drug-likeness (QED) is 0.563. The highest BCUT2D eigenvalue weighted by atomic mass is 16.5. The maximum Gasteiger partial charge on any atom is 0.220 e. The fourth-order valence-electron chi connectivity index (χ4n) is 3.06. The van der Waals surface area contributed by atoms with Gasteiger partial charge in [-0.2, -0.15) is 0 Å². The van der Waals surface area contributed by atoms with Crippen LogP contribution in [0.1, 0.15) is 30.4 Å². The number of aromatic amines is 1. The van der Waals surface area contributed by atoms with Crippen molar-refractivity contribution in [2.24, 2.45) is 0 Å². The number of carbonyl (C=O) groups is 1. The monoisotopic (exact) mass is 350 g/mol. The number of H-pyrrole nitrogens is 1. The minimum Gasteiger partial charge on any atom is -0.494 e. The van der Waals surface area contributed by atoms with E-state index < -0.39 is 0 Å². The van der Waals surface area contributed by atoms with Crippen molar-refractivity contribution in [2.75, 3.05) is 13.2 Å². The summed E-state index contributed by atoms with van der Waals surface area (Å²) in [6.07, 6.45) is 5.17. The largest absolute Gasteiger partial charge is 0.494 e. The molecule has 1 heterocycles. The fourth-order valence-corrected chi connectivity index (χ4v) is 3.06. The first kappa shape index (κ1) is 18.1. The number of amides is 1. The van der Waals surface area contributed by atoms with Crippen LogP contribution < -0.4 is 10.1 Å². The van der Waals surface area contributed by atoms with E-state index in [2.05, 4.69) is 22.4 Å². The summed E-state index contributed by atoms with van der Waals surface area (Å²) >= 11 is 0. The summed E-state index contributed by atoms with van der Waals surface area (Å²) in [5, 5.41) is 4.22. The molecule has 4 heteroatoms. The number of ether oxygens (including phenoxy) is 1. The van der Waals surface area contributed by atoms with Crippen LogP contribution in [0.25, 0.3) is 10.9 Å². The van der Waals surface area contributed by atoms with E-state index in [0.29, 0.717) is 19.6 Å². The maximum absolute atomic E-state index is 12.0. The highest BCUT2D eigenvalue weighted by Gasteiger charge is 2.05. The van der Waals surface area contributed by atoms with Crippen LogP contribution in [-0.4, -0.2) is 24.0 Å². The molecule has 3 rings (SSSR count). The lowest BCUT2D eigenvalue weighted by Crippen LogP contribution is -2.25. The molecular formula is C22H26N2O2. The highest BCUT2D eigenvalue weighted by Crippen LogP contribution is 2.19. The Labute approximate surface area is 154 Å². The molecule has 4 nitrogen and oxygen atoms in total. The molecule has 0 radical (unpaired) electrons. The number of carbonyl (C=O) groups excluding carboxylic acids is 1. The Kier molecular flexibility index (Phi) is 6.31. The first-order chi connectivity index (χ1) is 12.7. The SMILES string of the molecule is Cc1cccc(OCCCNC(=O)CCCc2c[nH]c3ccccc23)c1. The van der Waals surface area contributed by atoms with Crippen LogP contribution in [0.2, 0.25) is 0 Å². The molecule has 0 spiro atoms. The van der Waals surface area contributed by atoms with Crippen molar-refractivity contribution in [1.29, 1.82) is 0 Å². The van der Waals surface area contributed by atoms with Gasteiger partial charge < -0.3 is 15.0 Å². The van der Waals surface area contributed by atoms with Gasteiger partial charge in [0.2, 0.25) is 5.91 Å². The van der Waals surface area contributed by atoms with Gasteiger partial charge in [-0.25, -0.2) is 0 Å². The van der Waals surface area contributed by atoms with Crippen molar-refractivity contribution in [3.63, 3.8) is 0 Å². The molecule has 0 aliphatic rings. The molecule has 0 saturated carbocycles. The molecule has 2 aromatic carbocycles. The molecule has 0 aliphatic heterocycles. The van der Waals surface area contributed by atoms with Crippen molar-refractivity contribution in [1.82, 2.24) is 10.3 Å². The van der Waals surface area contributed by atoms with Crippen molar-refractivity contribution >= 4 is 16.8 Å². The minimum absolute atomic E-state index is 0.111. The molecule has 2 N–H and O–H groups in total. The predicted molar refractivity (Wildman–Crippen MR) is 106 cm³/mol. The van der Waals surface area contributed by atoms with Gasteiger partial charge in [0.15, 0.2) is 0 Å². The summed E-state index contributed by atoms with van der Waals surface area (Å²) in [6, 6.07) is 16.3. The number of para-hydroxylation sites is 1. The summed E-state index contributed by atoms with van der Waals surface area (Å²) in [5.41, 5.74) is 3.62. The zero-order valence-electron chi connectivity index (χ0n) is 15.3. The van der Waals surface area contributed by atoms with Crippen LogP contribution >= 0.6 is 0 Å². The van der Waals surface area contributed by atoms with E-state index in [4.69, 9.17) is 4.74 Å². The Morgan fingerprint density at radius 1 is 1.12 bits per heavy atom. The second-order valence-corrected chi connectivity index (χ2v) is 6.58. The smallest absolute Gasteiger partial charge is 0.220 e. The third-order valence-corrected chi connectivity index (χ3v) is 4.43. The van der Waals surface area contributed by atoms with Gasteiger partial charge in [0.25, 0.3) is 0 Å². The van der Waals surface area contributed by atoms with Gasteiger partial charge in [-0.3, -0.25) is 4.79 Å². The van der Waals surface area contributed by atoms with E-state index in [9.17, 15) is 4.79 Å². The average Bonchev–Trinajstić information content (AvgIpc) is 3.05. The summed E-state index contributed by atoms with van der Waals surface area (Å²) in [7, 11) is 0. The normalized spacial score (nSPS) is 10.8. The van der Waals surface area contributed by atoms with Crippen LogP contribution in [0.4, 0.5) is 0 Å². The van der Waals surface area contributed by atoms with Crippen molar-refractivity contribution in [3.8, 4) is 5.75 Å². The van der Waals surface area contributed by atoms with Gasteiger partial charge >= 0.3 is 0 Å². The van der Waals surface area contributed by atoms with Gasteiger partial charge in [0.1, 0.15) is 5.75 Å². The van der Waals surface area contributed by atoms with Gasteiger partial charge in [-0.15, -0.1) is 0 Å². The molecule has 0 saturated heterocycles. The third-order valence-electron chi connectivity index (χ3n) is 4.43. The Morgan fingerprint density at radius 3 is 2.88 bits per heavy atom. The molecule has 0 atom stereocenters. The predicted octanol–water partition coefficient (Wildman–Crippen LogP) is 4.38. The van der Waals surface area contributed by atoms with E-state index in [1.54, 1.807) is 0 Å². The summed E-state index contributed by atoms with van der Waals surface area (Å²) in [5.74, 6) is 0.996. The second kappa shape index (κ2) is 9.09. The van der Waals surface area contributed by atoms with Crippen LogP contribution in [0, 0.1) is 6.92 Å². The maximum atomic E-state index is 12.0. The molecule has 26 heavy (non-hydrogen) atoms. The van der Waals surface area contributed by atoms with Crippen LogP contribution in [-0.2, 0) is 11.2 Å². The molecule has 0 unspecified atom stereocenters. The van der Waals surface area contributed by atoms with Crippen molar-refractivity contribution in [2.45, 2.75) is 32.6 Å². The molecule has 136 valence electrons. The van der Waals surface area contributed by atoms with Crippen LogP contribution in [0.5, 0.6) is 5.75 Å². The minimum atomic E-state index is 0.111. The van der Waals surface area contributed by atoms with Crippen LogP contribution in [0.3, 0.4) is 0 Å². The second-order valence-electron chi connectivity index (χ2n) is 6.58. The van der Waals surface area contributed by atoms with Crippen molar-refractivity contribution in [3.05, 3.63) is 65.9 Å². The Hall–Kier alpha value is -2.75. The zero-order chi connectivity index (χ0) is 18.2. The molecule has 1 aromatic heterocycles. The third kappa shape index (κ3) is 5.12. The van der Waals surface area contributed by atoms with Crippen LogP contribution in [0.15, 0.2) is 54.7 Å². The lowest BCUT2D eigenvalue weighted by molar-refractivity contribution is -0.121. The highest BCUT2D eigenvalue weighted by molar-refractivity contribution is 5.83. The molecule has 0 aliphatic carbocycles. The Bertz CT molecular complexity index is 854. The van der Waals surface area contributed by atoms with Gasteiger partial charge in [-0.1, -0.05) is 30.3 Å². The first-order valence-corrected chi connectivity index (χ1v) is 9.23. The Morgan fingerprint density at radius 2 is 2.00 bits per heavy atom. The molecule has 0 bridgehead atoms. The number of aryl methyl sites for hydroxylation is 2. The number of hydrogen-bond acceptors (Lipinski definition) is 2. The van der Waals surface area contributed by atoms with Crippen molar-refractivity contribution < 1.29 is 9.53 Å². The summed E-state index contributed by atoms with van der Waals surface area (Å²) in [4.78, 5) is 15.2. The van der Waals surface area contributed by atoms with Gasteiger partial charge in [0, 0.05) is 30.1 Å². The standard InChI is InChI=1S/C22H26N2O2/c1-17-7-4-9-19(15-17)26-14-6-13-23-22(25)12-5-8-18-16-24-21-11-3-2-10-20(18)21/h2-4,7,9-11,15-16,24H,5-6,8,12-14H2,1H3,(H,23,25). The topological polar surface area (TPSA) is 54.1 Å². The zero-order valence-corrected chi connectivity index (χ0v) is 15.3. The van der Waals surface area contributed by atoms with Gasteiger partial charge in [-0.05, 0) is 55.5 Å². The summed E-state index contributed by atoms with van der Waals surface area (Å²) in [6.45, 7) is 3.31. The molecule has 1 amide bonds. The summed E-state index contributed by atoms with van der Waals surface area (Å²) < 4.78 is 5.68. The average molecular weight is 350 g/mol. The molecular weight excluding hydrogens is 324 g/mol. The van der Waals surface area contributed by atoms with E-state index in [1.807, 2.05) is 49.5 Å².